The molecule has 1 amide bonds. The van der Waals surface area contributed by atoms with Crippen molar-refractivity contribution < 1.29 is 14.3 Å². The lowest BCUT2D eigenvalue weighted by molar-refractivity contribution is -0.132. The first-order valence-electron chi connectivity index (χ1n) is 10.4. The predicted molar refractivity (Wildman–Crippen MR) is 114 cm³/mol. The van der Waals surface area contributed by atoms with E-state index in [2.05, 4.69) is 30.6 Å². The number of anilines is 1. The molecule has 0 aliphatic heterocycles. The lowest BCUT2D eigenvalue weighted by Gasteiger charge is -2.31. The number of pyridine rings is 1. The van der Waals surface area contributed by atoms with Crippen LogP contribution >= 0.6 is 11.6 Å². The standard InChI is InChI=1S/C21H22ClFN6O2/c22-11-6-14-15(9-25-17(14)24-8-11)18-26-10-16(23)19(29-18)27-12-2-1-3-13(7-12)28-20(30)21(31)4-5-21/h6,8-10,12-13,31H,1-5,7H2,(H,24,25)(H,28,30)(H,26,27,29)/t12-,13+/m0/s1. The maximum atomic E-state index is 14.5. The Hall–Kier alpha value is -2.78. The molecule has 3 aromatic heterocycles. The van der Waals surface area contributed by atoms with Crippen LogP contribution in [0.2, 0.25) is 5.02 Å². The minimum Gasteiger partial charge on any atom is -0.380 e. The van der Waals surface area contributed by atoms with Gasteiger partial charge in [-0.1, -0.05) is 11.6 Å². The fourth-order valence-electron chi connectivity index (χ4n) is 4.07. The van der Waals surface area contributed by atoms with E-state index < -0.39 is 11.4 Å². The lowest BCUT2D eigenvalue weighted by atomic mass is 9.90. The smallest absolute Gasteiger partial charge is 0.252 e. The Balaban J connectivity index is 1.33. The summed E-state index contributed by atoms with van der Waals surface area (Å²) in [7, 11) is 0. The van der Waals surface area contributed by atoms with Crippen LogP contribution in [0.4, 0.5) is 10.2 Å². The van der Waals surface area contributed by atoms with Gasteiger partial charge in [-0.3, -0.25) is 4.79 Å². The van der Waals surface area contributed by atoms with Crippen molar-refractivity contribution in [2.24, 2.45) is 0 Å². The molecule has 0 aromatic carbocycles. The zero-order valence-corrected chi connectivity index (χ0v) is 17.4. The number of H-pyrrole nitrogens is 1. The fraction of sp³-hybridized carbons (Fsp3) is 0.429. The van der Waals surface area contributed by atoms with E-state index in [-0.39, 0.29) is 23.8 Å². The van der Waals surface area contributed by atoms with Gasteiger partial charge in [-0.15, -0.1) is 0 Å². The summed E-state index contributed by atoms with van der Waals surface area (Å²) in [5.41, 5.74) is 0.134. The van der Waals surface area contributed by atoms with Crippen molar-refractivity contribution in [3.8, 4) is 11.4 Å². The first-order valence-corrected chi connectivity index (χ1v) is 10.7. The SMILES string of the molecule is O=C(N[C@@H]1CCC[C@H](Nc2nc(-c3c[nH]c4ncc(Cl)cc34)ncc2F)C1)C1(O)CC1. The predicted octanol–water partition coefficient (Wildman–Crippen LogP) is 3.18. The van der Waals surface area contributed by atoms with Gasteiger partial charge in [0.2, 0.25) is 0 Å². The third-order valence-electron chi connectivity index (χ3n) is 5.98. The van der Waals surface area contributed by atoms with Crippen LogP contribution in [-0.2, 0) is 4.79 Å². The summed E-state index contributed by atoms with van der Waals surface area (Å²) < 4.78 is 14.5. The molecule has 10 heteroatoms. The molecule has 3 aromatic rings. The van der Waals surface area contributed by atoms with Gasteiger partial charge < -0.3 is 20.7 Å². The molecule has 4 N–H and O–H groups in total. The number of aliphatic hydroxyl groups is 1. The van der Waals surface area contributed by atoms with Crippen molar-refractivity contribution in [3.05, 3.63) is 35.5 Å². The molecule has 2 atom stereocenters. The van der Waals surface area contributed by atoms with Crippen molar-refractivity contribution in [3.63, 3.8) is 0 Å². The maximum Gasteiger partial charge on any atom is 0.252 e. The summed E-state index contributed by atoms with van der Waals surface area (Å²) in [5.74, 6) is -0.374. The Morgan fingerprint density at radius 2 is 2.06 bits per heavy atom. The molecule has 2 aliphatic rings. The highest BCUT2D eigenvalue weighted by molar-refractivity contribution is 6.31. The molecule has 2 fully saturated rings. The first kappa shape index (κ1) is 20.1. The van der Waals surface area contributed by atoms with Crippen LogP contribution in [0.15, 0.2) is 24.7 Å². The third kappa shape index (κ3) is 4.07. The van der Waals surface area contributed by atoms with Crippen LogP contribution in [0, 0.1) is 5.82 Å². The van der Waals surface area contributed by atoms with Gasteiger partial charge >= 0.3 is 0 Å². The van der Waals surface area contributed by atoms with E-state index in [0.717, 1.165) is 30.8 Å². The molecule has 162 valence electrons. The molecule has 5 rings (SSSR count). The number of amides is 1. The van der Waals surface area contributed by atoms with Crippen molar-refractivity contribution >= 4 is 34.4 Å². The zero-order chi connectivity index (χ0) is 21.6. The largest absolute Gasteiger partial charge is 0.380 e. The van der Waals surface area contributed by atoms with Crippen molar-refractivity contribution in [2.45, 2.75) is 56.2 Å². The highest BCUT2D eigenvalue weighted by Crippen LogP contribution is 2.36. The van der Waals surface area contributed by atoms with Crippen LogP contribution < -0.4 is 10.6 Å². The van der Waals surface area contributed by atoms with Gasteiger partial charge in [0.1, 0.15) is 11.2 Å². The number of hydrogen-bond acceptors (Lipinski definition) is 6. The summed E-state index contributed by atoms with van der Waals surface area (Å²) >= 11 is 6.07. The Bertz CT molecular complexity index is 1150. The third-order valence-corrected chi connectivity index (χ3v) is 6.19. The van der Waals surface area contributed by atoms with Crippen molar-refractivity contribution in [2.75, 3.05) is 5.32 Å². The highest BCUT2D eigenvalue weighted by Gasteiger charge is 2.48. The maximum absolute atomic E-state index is 14.5. The molecule has 31 heavy (non-hydrogen) atoms. The molecule has 0 saturated heterocycles. The van der Waals surface area contributed by atoms with E-state index in [9.17, 15) is 14.3 Å². The molecule has 8 nitrogen and oxygen atoms in total. The molecule has 2 aliphatic carbocycles. The summed E-state index contributed by atoms with van der Waals surface area (Å²) in [4.78, 5) is 28.0. The molecule has 0 unspecified atom stereocenters. The average molecular weight is 445 g/mol. The molecular weight excluding hydrogens is 423 g/mol. The number of hydrogen-bond donors (Lipinski definition) is 4. The minimum absolute atomic E-state index is 0.0516. The van der Waals surface area contributed by atoms with Gasteiger partial charge in [0.25, 0.3) is 5.91 Å². The van der Waals surface area contributed by atoms with E-state index in [0.29, 0.717) is 41.3 Å². The van der Waals surface area contributed by atoms with Gasteiger partial charge in [0.15, 0.2) is 17.5 Å². The second-order valence-corrected chi connectivity index (χ2v) is 8.79. The Morgan fingerprint density at radius 3 is 2.87 bits per heavy atom. The number of nitrogens with zero attached hydrogens (tertiary/aromatic N) is 3. The fourth-order valence-corrected chi connectivity index (χ4v) is 4.23. The summed E-state index contributed by atoms with van der Waals surface area (Å²) in [6, 6.07) is 1.65. The lowest BCUT2D eigenvalue weighted by Crippen LogP contribution is -2.46. The molecular formula is C21H22ClFN6O2. The number of carbonyl (C=O) groups is 1. The van der Waals surface area contributed by atoms with E-state index in [1.54, 1.807) is 18.5 Å². The number of rotatable bonds is 5. The van der Waals surface area contributed by atoms with Crippen LogP contribution in [0.25, 0.3) is 22.4 Å². The second kappa shape index (κ2) is 7.72. The number of fused-ring (bicyclic) bond motifs is 1. The highest BCUT2D eigenvalue weighted by atomic mass is 35.5. The summed E-state index contributed by atoms with van der Waals surface area (Å²) in [5, 5.41) is 17.3. The molecule has 3 heterocycles. The number of nitrogens with one attached hydrogen (secondary N) is 3. The minimum atomic E-state index is -1.19. The van der Waals surface area contributed by atoms with E-state index in [1.165, 1.54) is 0 Å². The molecule has 0 bridgehead atoms. The van der Waals surface area contributed by atoms with Gasteiger partial charge in [-0.25, -0.2) is 19.3 Å². The van der Waals surface area contributed by atoms with Crippen LogP contribution in [0.1, 0.15) is 38.5 Å². The monoisotopic (exact) mass is 444 g/mol. The van der Waals surface area contributed by atoms with Gasteiger partial charge in [-0.05, 0) is 44.6 Å². The van der Waals surface area contributed by atoms with Crippen LogP contribution in [0.5, 0.6) is 0 Å². The second-order valence-electron chi connectivity index (χ2n) is 8.35. The summed E-state index contributed by atoms with van der Waals surface area (Å²) in [6.07, 6.45) is 8.62. The van der Waals surface area contributed by atoms with Gasteiger partial charge in [0.05, 0.1) is 11.2 Å². The van der Waals surface area contributed by atoms with Crippen molar-refractivity contribution in [1.29, 1.82) is 0 Å². The first-order chi connectivity index (χ1) is 14.9. The van der Waals surface area contributed by atoms with E-state index in [1.807, 2.05) is 0 Å². The Labute approximate surface area is 182 Å². The van der Waals surface area contributed by atoms with Crippen LogP contribution in [-0.4, -0.2) is 48.6 Å². The quantitative estimate of drug-likeness (QED) is 0.480. The zero-order valence-electron chi connectivity index (χ0n) is 16.7. The van der Waals surface area contributed by atoms with Crippen molar-refractivity contribution in [1.82, 2.24) is 25.3 Å². The van der Waals surface area contributed by atoms with E-state index >= 15 is 0 Å². The number of aromatic amines is 1. The molecule has 0 radical (unpaired) electrons. The van der Waals surface area contributed by atoms with Gasteiger partial charge in [0, 0.05) is 35.4 Å². The summed E-state index contributed by atoms with van der Waals surface area (Å²) in [6.45, 7) is 0. The molecule has 0 spiro atoms. The normalized spacial score (nSPS) is 22.3. The molecule has 2 saturated carbocycles. The number of carbonyl (C=O) groups excluding carboxylic acids is 1. The Morgan fingerprint density at radius 1 is 1.26 bits per heavy atom. The average Bonchev–Trinajstić information content (AvgIpc) is 3.37. The number of halogens is 2. The van der Waals surface area contributed by atoms with Gasteiger partial charge in [-0.2, -0.15) is 0 Å². The number of aromatic nitrogens is 4. The topological polar surface area (TPSA) is 116 Å². The van der Waals surface area contributed by atoms with Crippen LogP contribution in [0.3, 0.4) is 0 Å². The van der Waals surface area contributed by atoms with E-state index in [4.69, 9.17) is 11.6 Å². The Kier molecular flexibility index (Phi) is 5.02.